The molecule has 1 amide bonds. The fourth-order valence-corrected chi connectivity index (χ4v) is 2.35. The number of rotatable bonds is 7. The van der Waals surface area contributed by atoms with Crippen molar-refractivity contribution in [2.45, 2.75) is 13.8 Å². The van der Waals surface area contributed by atoms with E-state index in [-0.39, 0.29) is 5.91 Å². The van der Waals surface area contributed by atoms with E-state index in [1.165, 1.54) is 11.6 Å². The molecule has 0 heterocycles. The van der Waals surface area contributed by atoms with Gasteiger partial charge >= 0.3 is 0 Å². The highest BCUT2D eigenvalue weighted by molar-refractivity contribution is 5.92. The normalized spacial score (nSPS) is 10.6. The number of hydrazine groups is 1. The third kappa shape index (κ3) is 5.01. The Morgan fingerprint density at radius 2 is 1.76 bits per heavy atom. The van der Waals surface area contributed by atoms with E-state index in [4.69, 9.17) is 9.47 Å². The van der Waals surface area contributed by atoms with Crippen LogP contribution in [-0.2, 0) is 4.79 Å². The van der Waals surface area contributed by atoms with Gasteiger partial charge in [-0.2, -0.15) is 0 Å². The highest BCUT2D eigenvalue weighted by Gasteiger charge is 2.07. The fourth-order valence-electron chi connectivity index (χ4n) is 2.35. The number of aryl methyl sites for hydroxylation is 1. The molecule has 0 radical (unpaired) electrons. The first kappa shape index (κ1) is 18.4. The van der Waals surface area contributed by atoms with Gasteiger partial charge in [0.15, 0.2) is 11.5 Å². The molecule has 2 aromatic carbocycles. The molecule has 1 N–H and O–H groups in total. The van der Waals surface area contributed by atoms with Gasteiger partial charge in [-0.1, -0.05) is 23.8 Å². The van der Waals surface area contributed by atoms with Gasteiger partial charge in [-0.15, -0.1) is 0 Å². The molecule has 5 heteroatoms. The molecule has 132 valence electrons. The quantitative estimate of drug-likeness (QED) is 0.618. The van der Waals surface area contributed by atoms with Gasteiger partial charge in [0, 0.05) is 12.6 Å². The first-order valence-electron chi connectivity index (χ1n) is 8.12. The van der Waals surface area contributed by atoms with E-state index >= 15 is 0 Å². The number of hydrogen-bond acceptors (Lipinski definition) is 4. The monoisotopic (exact) mass is 340 g/mol. The molecule has 2 aromatic rings. The number of nitrogens with one attached hydrogen (secondary N) is 1. The second kappa shape index (κ2) is 8.78. The fraction of sp³-hybridized carbons (Fsp3) is 0.250. The summed E-state index contributed by atoms with van der Waals surface area (Å²) in [5, 5.41) is 1.81. The Labute approximate surface area is 148 Å². The lowest BCUT2D eigenvalue weighted by atomic mass is 10.2. The summed E-state index contributed by atoms with van der Waals surface area (Å²) in [6, 6.07) is 13.5. The van der Waals surface area contributed by atoms with Crippen molar-refractivity contribution >= 4 is 17.7 Å². The van der Waals surface area contributed by atoms with Crippen molar-refractivity contribution in [3.63, 3.8) is 0 Å². The Hall–Kier alpha value is -2.95. The number of carbonyl (C=O) groups is 1. The second-order valence-electron chi connectivity index (χ2n) is 5.50. The van der Waals surface area contributed by atoms with Gasteiger partial charge in [-0.3, -0.25) is 15.2 Å². The lowest BCUT2D eigenvalue weighted by Gasteiger charge is -2.23. The first-order chi connectivity index (χ1) is 12.1. The van der Waals surface area contributed by atoms with Gasteiger partial charge in [0.1, 0.15) is 0 Å². The summed E-state index contributed by atoms with van der Waals surface area (Å²) in [4.78, 5) is 12.2. The topological polar surface area (TPSA) is 50.8 Å². The lowest BCUT2D eigenvalue weighted by molar-refractivity contribution is -0.116. The van der Waals surface area contributed by atoms with E-state index in [1.807, 2.05) is 50.2 Å². The van der Waals surface area contributed by atoms with Gasteiger partial charge in [-0.05, 0) is 49.8 Å². The van der Waals surface area contributed by atoms with Gasteiger partial charge in [0.25, 0.3) is 5.91 Å². The van der Waals surface area contributed by atoms with E-state index in [0.29, 0.717) is 18.0 Å². The summed E-state index contributed by atoms with van der Waals surface area (Å²) < 4.78 is 10.5. The molecule has 0 aliphatic heterocycles. The van der Waals surface area contributed by atoms with Crippen molar-refractivity contribution in [1.82, 2.24) is 5.43 Å². The minimum Gasteiger partial charge on any atom is -0.493 e. The Kier molecular flexibility index (Phi) is 6.46. The number of anilines is 1. The van der Waals surface area contributed by atoms with Crippen LogP contribution in [0.15, 0.2) is 48.5 Å². The molecule has 0 aliphatic carbocycles. The average molecular weight is 340 g/mol. The summed E-state index contributed by atoms with van der Waals surface area (Å²) in [6.45, 7) is 4.68. The Morgan fingerprint density at radius 1 is 1.08 bits per heavy atom. The predicted octanol–water partition coefficient (Wildman–Crippen LogP) is 3.58. The summed E-state index contributed by atoms with van der Waals surface area (Å²) >= 11 is 0. The maximum absolute atomic E-state index is 12.2. The SMILES string of the molecule is CCN(NC(=O)/C=C/c1ccc(OC)c(OC)c1)c1ccc(C)cc1. The van der Waals surface area contributed by atoms with Crippen molar-refractivity contribution in [3.05, 3.63) is 59.7 Å². The van der Waals surface area contributed by atoms with Gasteiger partial charge < -0.3 is 9.47 Å². The van der Waals surface area contributed by atoms with Crippen LogP contribution in [0.5, 0.6) is 11.5 Å². The van der Waals surface area contributed by atoms with E-state index < -0.39 is 0 Å². The van der Waals surface area contributed by atoms with Crippen molar-refractivity contribution in [2.24, 2.45) is 0 Å². The third-order valence-corrected chi connectivity index (χ3v) is 3.74. The number of hydrogen-bond donors (Lipinski definition) is 1. The second-order valence-corrected chi connectivity index (χ2v) is 5.50. The zero-order chi connectivity index (χ0) is 18.2. The van der Waals surface area contributed by atoms with E-state index in [0.717, 1.165) is 11.3 Å². The molecule has 0 aromatic heterocycles. The summed E-state index contributed by atoms with van der Waals surface area (Å²) in [6.07, 6.45) is 3.23. The molecule has 0 unspecified atom stereocenters. The number of ether oxygens (including phenoxy) is 2. The summed E-state index contributed by atoms with van der Waals surface area (Å²) in [7, 11) is 3.17. The largest absolute Gasteiger partial charge is 0.493 e. The van der Waals surface area contributed by atoms with Crippen LogP contribution in [0.4, 0.5) is 5.69 Å². The predicted molar refractivity (Wildman–Crippen MR) is 101 cm³/mol. The van der Waals surface area contributed by atoms with Crippen LogP contribution < -0.4 is 19.9 Å². The van der Waals surface area contributed by atoms with Crippen LogP contribution in [-0.4, -0.2) is 26.7 Å². The highest BCUT2D eigenvalue weighted by atomic mass is 16.5. The molecule has 0 atom stereocenters. The maximum Gasteiger partial charge on any atom is 0.262 e. The minimum absolute atomic E-state index is 0.197. The lowest BCUT2D eigenvalue weighted by Crippen LogP contribution is -2.41. The zero-order valence-corrected chi connectivity index (χ0v) is 15.1. The molecule has 0 spiro atoms. The number of methoxy groups -OCH3 is 2. The number of nitrogens with zero attached hydrogens (tertiary/aromatic N) is 1. The van der Waals surface area contributed by atoms with Crippen molar-refractivity contribution in [1.29, 1.82) is 0 Å². The van der Waals surface area contributed by atoms with Crippen LogP contribution in [0.25, 0.3) is 6.08 Å². The average Bonchev–Trinajstić information content (AvgIpc) is 2.64. The molecule has 0 bridgehead atoms. The number of carbonyl (C=O) groups excluding carboxylic acids is 1. The van der Waals surface area contributed by atoms with Crippen LogP contribution in [0.3, 0.4) is 0 Å². The van der Waals surface area contributed by atoms with Crippen LogP contribution in [0.2, 0.25) is 0 Å². The molecular weight excluding hydrogens is 316 g/mol. The molecule has 0 saturated carbocycles. The van der Waals surface area contributed by atoms with E-state index in [2.05, 4.69) is 5.43 Å². The standard InChI is InChI=1S/C20H24N2O3/c1-5-22(17-10-6-15(2)7-11-17)21-20(23)13-9-16-8-12-18(24-3)19(14-16)25-4/h6-14H,5H2,1-4H3,(H,21,23)/b13-9+. The van der Waals surface area contributed by atoms with Gasteiger partial charge in [-0.25, -0.2) is 0 Å². The van der Waals surface area contributed by atoms with Crippen LogP contribution in [0.1, 0.15) is 18.1 Å². The smallest absolute Gasteiger partial charge is 0.262 e. The molecule has 2 rings (SSSR count). The molecular formula is C20H24N2O3. The van der Waals surface area contributed by atoms with E-state index in [1.54, 1.807) is 31.4 Å². The molecule has 0 fully saturated rings. The third-order valence-electron chi connectivity index (χ3n) is 3.74. The van der Waals surface area contributed by atoms with Crippen molar-refractivity contribution < 1.29 is 14.3 Å². The number of amides is 1. The van der Waals surface area contributed by atoms with Crippen molar-refractivity contribution in [2.75, 3.05) is 25.8 Å². The first-order valence-corrected chi connectivity index (χ1v) is 8.12. The van der Waals surface area contributed by atoms with Gasteiger partial charge in [0.05, 0.1) is 19.9 Å². The Morgan fingerprint density at radius 3 is 2.36 bits per heavy atom. The molecule has 25 heavy (non-hydrogen) atoms. The highest BCUT2D eigenvalue weighted by Crippen LogP contribution is 2.27. The maximum atomic E-state index is 12.2. The Bertz CT molecular complexity index is 739. The Balaban J connectivity index is 2.05. The molecule has 0 aliphatic rings. The van der Waals surface area contributed by atoms with Crippen molar-refractivity contribution in [3.8, 4) is 11.5 Å². The van der Waals surface area contributed by atoms with Crippen LogP contribution >= 0.6 is 0 Å². The summed E-state index contributed by atoms with van der Waals surface area (Å²) in [5.41, 5.74) is 5.85. The molecule has 5 nitrogen and oxygen atoms in total. The molecule has 0 saturated heterocycles. The zero-order valence-electron chi connectivity index (χ0n) is 15.1. The van der Waals surface area contributed by atoms with E-state index in [9.17, 15) is 4.79 Å². The number of benzene rings is 2. The minimum atomic E-state index is -0.197. The van der Waals surface area contributed by atoms with Gasteiger partial charge in [0.2, 0.25) is 0 Å². The summed E-state index contributed by atoms with van der Waals surface area (Å²) in [5.74, 6) is 1.08. The van der Waals surface area contributed by atoms with Crippen LogP contribution in [0, 0.1) is 6.92 Å².